The highest BCUT2D eigenvalue weighted by atomic mass is 79.9. The van der Waals surface area contributed by atoms with Crippen LogP contribution in [0.4, 0.5) is 5.69 Å². The summed E-state index contributed by atoms with van der Waals surface area (Å²) in [5.74, 6) is -0.447. The number of carbonyl (C=O) groups is 2. The van der Waals surface area contributed by atoms with Gasteiger partial charge in [0.2, 0.25) is 21.8 Å². The van der Waals surface area contributed by atoms with E-state index in [4.69, 9.17) is 0 Å². The molecule has 0 bridgehead atoms. The van der Waals surface area contributed by atoms with Crippen LogP contribution in [-0.4, -0.2) is 49.5 Å². The van der Waals surface area contributed by atoms with Crippen LogP contribution in [0.15, 0.2) is 77.3 Å². The molecule has 3 rings (SSSR count). The Hall–Kier alpha value is -3.17. The summed E-state index contributed by atoms with van der Waals surface area (Å²) in [6.07, 6.45) is 1.91. The topological polar surface area (TPSA) is 86.8 Å². The lowest BCUT2D eigenvalue weighted by molar-refractivity contribution is -0.142. The number of hydrogen-bond acceptors (Lipinski definition) is 4. The lowest BCUT2D eigenvalue weighted by Crippen LogP contribution is -2.54. The molecule has 0 aromatic heterocycles. The van der Waals surface area contributed by atoms with Crippen molar-refractivity contribution < 1.29 is 18.0 Å². The molecule has 1 N–H and O–H groups in total. The van der Waals surface area contributed by atoms with Crippen LogP contribution in [0, 0.1) is 13.8 Å². The summed E-state index contributed by atoms with van der Waals surface area (Å²) in [6, 6.07) is 22.1. The number of hydrogen-bond donors (Lipinski definition) is 1. The second-order valence-electron chi connectivity index (χ2n) is 11.8. The zero-order valence-corrected chi connectivity index (χ0v) is 27.8. The number of aryl methyl sites for hydroxylation is 1. The van der Waals surface area contributed by atoms with Gasteiger partial charge in [0.1, 0.15) is 6.04 Å². The first-order valence-corrected chi connectivity index (χ1v) is 16.7. The molecule has 7 nitrogen and oxygen atoms in total. The first-order valence-electron chi connectivity index (χ1n) is 14.1. The summed E-state index contributed by atoms with van der Waals surface area (Å²) in [5.41, 5.74) is 3.82. The molecule has 0 spiro atoms. The fourth-order valence-electron chi connectivity index (χ4n) is 4.83. The van der Waals surface area contributed by atoms with E-state index in [0.717, 1.165) is 26.7 Å². The summed E-state index contributed by atoms with van der Waals surface area (Å²) in [6.45, 7) is 9.97. The molecular formula is C33H42BrN3O4S. The van der Waals surface area contributed by atoms with Gasteiger partial charge in [-0.15, -0.1) is 0 Å². The van der Waals surface area contributed by atoms with E-state index in [2.05, 4.69) is 21.2 Å². The van der Waals surface area contributed by atoms with Gasteiger partial charge in [0.15, 0.2) is 0 Å². The largest absolute Gasteiger partial charge is 0.350 e. The van der Waals surface area contributed by atoms with Gasteiger partial charge in [-0.3, -0.25) is 13.9 Å². The molecule has 0 radical (unpaired) electrons. The van der Waals surface area contributed by atoms with Crippen molar-refractivity contribution in [3.8, 4) is 0 Å². The van der Waals surface area contributed by atoms with Gasteiger partial charge in [0.05, 0.1) is 11.9 Å². The molecule has 2 amide bonds. The maximum Gasteiger partial charge on any atom is 0.243 e. The number of nitrogens with one attached hydrogen (secondary N) is 1. The SMILES string of the molecule is Cc1cccc(N(CCCC(=O)N(Cc2cccc(Br)c2)[C@@H](Cc2ccccc2)C(=O)NC(C)(C)C)S(C)(=O)=O)c1C. The lowest BCUT2D eigenvalue weighted by Gasteiger charge is -2.34. The third kappa shape index (κ3) is 9.70. The summed E-state index contributed by atoms with van der Waals surface area (Å²) in [5, 5.41) is 3.07. The summed E-state index contributed by atoms with van der Waals surface area (Å²) >= 11 is 3.51. The normalized spacial score (nSPS) is 12.5. The minimum Gasteiger partial charge on any atom is -0.350 e. The average molecular weight is 657 g/mol. The highest BCUT2D eigenvalue weighted by molar-refractivity contribution is 9.10. The monoisotopic (exact) mass is 655 g/mol. The van der Waals surface area contributed by atoms with E-state index in [9.17, 15) is 18.0 Å². The first-order chi connectivity index (χ1) is 19.7. The first kappa shape index (κ1) is 33.3. The highest BCUT2D eigenvalue weighted by Crippen LogP contribution is 2.26. The molecule has 1 atom stereocenters. The van der Waals surface area contributed by atoms with Crippen molar-refractivity contribution in [1.82, 2.24) is 10.2 Å². The summed E-state index contributed by atoms with van der Waals surface area (Å²) < 4.78 is 27.8. The number of amides is 2. The fraction of sp³-hybridized carbons (Fsp3) is 0.394. The van der Waals surface area contributed by atoms with E-state index in [1.165, 1.54) is 10.6 Å². The van der Waals surface area contributed by atoms with Gasteiger partial charge in [-0.2, -0.15) is 0 Å². The third-order valence-electron chi connectivity index (χ3n) is 7.01. The minimum absolute atomic E-state index is 0.0823. The Morgan fingerprint density at radius 2 is 1.57 bits per heavy atom. The summed E-state index contributed by atoms with van der Waals surface area (Å²) in [7, 11) is -3.58. The lowest BCUT2D eigenvalue weighted by atomic mass is 10.00. The van der Waals surface area contributed by atoms with Gasteiger partial charge in [-0.05, 0) is 81.5 Å². The van der Waals surface area contributed by atoms with Gasteiger partial charge in [-0.1, -0.05) is 70.5 Å². The number of halogens is 1. The van der Waals surface area contributed by atoms with E-state index in [0.29, 0.717) is 18.5 Å². The quantitative estimate of drug-likeness (QED) is 0.253. The fourth-order valence-corrected chi connectivity index (χ4v) is 6.29. The van der Waals surface area contributed by atoms with Gasteiger partial charge in [0.25, 0.3) is 0 Å². The van der Waals surface area contributed by atoms with Crippen molar-refractivity contribution in [2.75, 3.05) is 17.1 Å². The molecule has 0 saturated carbocycles. The van der Waals surface area contributed by atoms with Gasteiger partial charge in [-0.25, -0.2) is 8.42 Å². The molecule has 3 aromatic carbocycles. The molecule has 0 aliphatic carbocycles. The average Bonchev–Trinajstić information content (AvgIpc) is 2.89. The number of benzene rings is 3. The van der Waals surface area contributed by atoms with Gasteiger partial charge < -0.3 is 10.2 Å². The van der Waals surface area contributed by atoms with Crippen molar-refractivity contribution in [3.05, 3.63) is 99.5 Å². The molecule has 3 aromatic rings. The number of carbonyl (C=O) groups excluding carboxylic acids is 2. The molecule has 0 heterocycles. The molecule has 0 unspecified atom stereocenters. The van der Waals surface area contributed by atoms with Crippen LogP contribution < -0.4 is 9.62 Å². The van der Waals surface area contributed by atoms with Crippen molar-refractivity contribution in [2.24, 2.45) is 0 Å². The predicted octanol–water partition coefficient (Wildman–Crippen LogP) is 6.17. The van der Waals surface area contributed by atoms with Crippen LogP contribution in [0.25, 0.3) is 0 Å². The van der Waals surface area contributed by atoms with Crippen molar-refractivity contribution in [2.45, 2.75) is 72.0 Å². The Labute approximate surface area is 259 Å². The Balaban J connectivity index is 1.92. The molecule has 0 fully saturated rings. The number of anilines is 1. The molecule has 226 valence electrons. The maximum atomic E-state index is 14.0. The number of sulfonamides is 1. The Kier molecular flexibility index (Phi) is 11.4. The predicted molar refractivity (Wildman–Crippen MR) is 174 cm³/mol. The van der Waals surface area contributed by atoms with Gasteiger partial charge in [0, 0.05) is 35.9 Å². The summed E-state index contributed by atoms with van der Waals surface area (Å²) in [4.78, 5) is 29.4. The molecular weight excluding hydrogens is 614 g/mol. The Morgan fingerprint density at radius 3 is 2.19 bits per heavy atom. The van der Waals surface area contributed by atoms with E-state index in [1.807, 2.05) is 101 Å². The molecule has 9 heteroatoms. The van der Waals surface area contributed by atoms with E-state index in [1.54, 1.807) is 11.0 Å². The van der Waals surface area contributed by atoms with Gasteiger partial charge >= 0.3 is 0 Å². The second kappa shape index (κ2) is 14.3. The number of nitrogens with zero attached hydrogens (tertiary/aromatic N) is 2. The smallest absolute Gasteiger partial charge is 0.243 e. The molecule has 0 aliphatic rings. The van der Waals surface area contributed by atoms with Crippen molar-refractivity contribution in [1.29, 1.82) is 0 Å². The van der Waals surface area contributed by atoms with Crippen LogP contribution in [0.1, 0.15) is 55.9 Å². The molecule has 0 aliphatic heterocycles. The highest BCUT2D eigenvalue weighted by Gasteiger charge is 2.32. The van der Waals surface area contributed by atoms with Crippen LogP contribution in [0.5, 0.6) is 0 Å². The van der Waals surface area contributed by atoms with E-state index in [-0.39, 0.29) is 31.3 Å². The van der Waals surface area contributed by atoms with E-state index >= 15 is 0 Å². The van der Waals surface area contributed by atoms with E-state index < -0.39 is 21.6 Å². The molecule has 42 heavy (non-hydrogen) atoms. The Morgan fingerprint density at radius 1 is 0.929 bits per heavy atom. The second-order valence-corrected chi connectivity index (χ2v) is 14.6. The van der Waals surface area contributed by atoms with Crippen LogP contribution in [0.3, 0.4) is 0 Å². The standard InChI is InChI=1S/C33H42BrN3O4S/c1-24-13-10-18-29(25(24)2)37(42(6,40)41)20-12-19-31(38)36(23-27-16-11-17-28(34)21-27)30(32(39)35-33(3,4)5)22-26-14-8-7-9-15-26/h7-11,13-18,21,30H,12,19-20,22-23H2,1-6H3,(H,35,39)/t30-/m0/s1. The minimum atomic E-state index is -3.58. The third-order valence-corrected chi connectivity index (χ3v) is 8.68. The Bertz CT molecular complexity index is 1490. The van der Waals surface area contributed by atoms with Crippen LogP contribution in [-0.2, 0) is 32.6 Å². The van der Waals surface area contributed by atoms with Crippen molar-refractivity contribution in [3.63, 3.8) is 0 Å². The molecule has 0 saturated heterocycles. The zero-order valence-electron chi connectivity index (χ0n) is 25.4. The van der Waals surface area contributed by atoms with Crippen molar-refractivity contribution >= 4 is 43.5 Å². The zero-order chi connectivity index (χ0) is 31.1. The van der Waals surface area contributed by atoms with Crippen LogP contribution in [0.2, 0.25) is 0 Å². The maximum absolute atomic E-state index is 14.0. The van der Waals surface area contributed by atoms with Crippen LogP contribution >= 0.6 is 15.9 Å². The number of rotatable bonds is 12.